The maximum absolute atomic E-state index is 5.75. The highest BCUT2D eigenvalue weighted by Gasteiger charge is 2.16. The molecule has 1 aromatic rings. The maximum atomic E-state index is 5.75. The predicted octanol–water partition coefficient (Wildman–Crippen LogP) is 2.08. The lowest BCUT2D eigenvalue weighted by molar-refractivity contribution is 0.448. The topological polar surface area (TPSA) is 38.0 Å². The van der Waals surface area contributed by atoms with Gasteiger partial charge in [-0.2, -0.15) is 0 Å². The van der Waals surface area contributed by atoms with E-state index >= 15 is 0 Å². The molecule has 0 aromatic heterocycles. The summed E-state index contributed by atoms with van der Waals surface area (Å²) in [5.41, 5.74) is 9.46. The summed E-state index contributed by atoms with van der Waals surface area (Å²) in [5.74, 6) is 0. The van der Waals surface area contributed by atoms with Crippen LogP contribution in [0.15, 0.2) is 18.2 Å². The van der Waals surface area contributed by atoms with E-state index in [1.54, 1.807) is 0 Å². The highest BCUT2D eigenvalue weighted by atomic mass is 14.9. The van der Waals surface area contributed by atoms with Crippen LogP contribution in [0.4, 0.5) is 5.69 Å². The Morgan fingerprint density at radius 1 is 1.43 bits per heavy atom. The highest BCUT2D eigenvalue weighted by Crippen LogP contribution is 2.20. The molecule has 0 saturated carbocycles. The summed E-state index contributed by atoms with van der Waals surface area (Å²) in [4.78, 5) is 0. The lowest BCUT2D eigenvalue weighted by Crippen LogP contribution is -2.35. The number of nitrogens with two attached hydrogens (primary N) is 1. The quantitative estimate of drug-likeness (QED) is 0.701. The summed E-state index contributed by atoms with van der Waals surface area (Å²) >= 11 is 0. The van der Waals surface area contributed by atoms with Crippen molar-refractivity contribution in [2.45, 2.75) is 38.8 Å². The Kier molecular flexibility index (Phi) is 2.73. The van der Waals surface area contributed by atoms with Gasteiger partial charge in [-0.05, 0) is 36.1 Å². The van der Waals surface area contributed by atoms with Gasteiger partial charge in [0.1, 0.15) is 0 Å². The summed E-state index contributed by atoms with van der Waals surface area (Å²) in [7, 11) is 0. The van der Waals surface area contributed by atoms with Crippen molar-refractivity contribution in [2.75, 3.05) is 5.73 Å². The molecule has 1 atom stereocenters. The van der Waals surface area contributed by atoms with E-state index in [9.17, 15) is 0 Å². The Morgan fingerprint density at radius 2 is 2.29 bits per heavy atom. The van der Waals surface area contributed by atoms with Gasteiger partial charge in [0.05, 0.1) is 0 Å². The van der Waals surface area contributed by atoms with E-state index in [4.69, 9.17) is 5.73 Å². The minimum Gasteiger partial charge on any atom is -0.399 e. The number of nitrogen functional groups attached to an aromatic ring is 1. The predicted molar refractivity (Wildman–Crippen MR) is 60.1 cm³/mol. The first kappa shape index (κ1) is 9.53. The van der Waals surface area contributed by atoms with Crippen molar-refractivity contribution in [3.8, 4) is 0 Å². The summed E-state index contributed by atoms with van der Waals surface area (Å²) in [5, 5.41) is 3.55. The molecule has 2 rings (SSSR count). The molecule has 1 aromatic carbocycles. The van der Waals surface area contributed by atoms with E-state index in [-0.39, 0.29) is 0 Å². The van der Waals surface area contributed by atoms with E-state index in [1.165, 1.54) is 24.0 Å². The second kappa shape index (κ2) is 4.01. The van der Waals surface area contributed by atoms with Crippen molar-refractivity contribution in [3.05, 3.63) is 29.3 Å². The normalized spacial score (nSPS) is 20.5. The van der Waals surface area contributed by atoms with Gasteiger partial charge in [-0.15, -0.1) is 0 Å². The second-order valence-electron chi connectivity index (χ2n) is 4.10. The number of nitrogens with one attached hydrogen (secondary N) is 1. The van der Waals surface area contributed by atoms with Crippen LogP contribution in [0.3, 0.4) is 0 Å². The van der Waals surface area contributed by atoms with Crippen LogP contribution in [0.25, 0.3) is 0 Å². The van der Waals surface area contributed by atoms with Crippen LogP contribution in [-0.2, 0) is 13.0 Å². The smallest absolute Gasteiger partial charge is 0.0317 e. The monoisotopic (exact) mass is 190 g/mol. The van der Waals surface area contributed by atoms with Crippen molar-refractivity contribution in [3.63, 3.8) is 0 Å². The third-order valence-electron chi connectivity index (χ3n) is 2.91. The Labute approximate surface area is 85.5 Å². The van der Waals surface area contributed by atoms with Crippen molar-refractivity contribution in [1.29, 1.82) is 0 Å². The van der Waals surface area contributed by atoms with Crippen LogP contribution in [0.2, 0.25) is 0 Å². The zero-order valence-electron chi connectivity index (χ0n) is 8.72. The van der Waals surface area contributed by atoms with E-state index < -0.39 is 0 Å². The molecule has 76 valence electrons. The standard InChI is InChI=1S/C12H18N2/c1-2-3-12-7-9-4-5-11(13)6-10(9)8-14-12/h4-6,12,14H,2-3,7-8,13H2,1H3. The number of hydrogen-bond acceptors (Lipinski definition) is 2. The van der Waals surface area contributed by atoms with E-state index in [0.29, 0.717) is 6.04 Å². The Balaban J connectivity index is 2.15. The number of benzene rings is 1. The lowest BCUT2D eigenvalue weighted by atomic mass is 9.93. The maximum Gasteiger partial charge on any atom is 0.0317 e. The molecule has 14 heavy (non-hydrogen) atoms. The Bertz CT molecular complexity index is 320. The first-order valence-corrected chi connectivity index (χ1v) is 5.40. The molecule has 0 aliphatic carbocycles. The third kappa shape index (κ3) is 1.90. The molecule has 1 aliphatic rings. The average Bonchev–Trinajstić information content (AvgIpc) is 2.19. The van der Waals surface area contributed by atoms with E-state index in [1.807, 2.05) is 6.07 Å². The number of fused-ring (bicyclic) bond motifs is 1. The third-order valence-corrected chi connectivity index (χ3v) is 2.91. The van der Waals surface area contributed by atoms with Crippen LogP contribution in [0, 0.1) is 0 Å². The van der Waals surface area contributed by atoms with Crippen molar-refractivity contribution < 1.29 is 0 Å². The largest absolute Gasteiger partial charge is 0.399 e. The fourth-order valence-corrected chi connectivity index (χ4v) is 2.15. The summed E-state index contributed by atoms with van der Waals surface area (Å²) < 4.78 is 0. The van der Waals surface area contributed by atoms with Gasteiger partial charge < -0.3 is 11.1 Å². The van der Waals surface area contributed by atoms with Crippen LogP contribution >= 0.6 is 0 Å². The van der Waals surface area contributed by atoms with Crippen molar-refractivity contribution in [1.82, 2.24) is 5.32 Å². The van der Waals surface area contributed by atoms with Crippen LogP contribution < -0.4 is 11.1 Å². The van der Waals surface area contributed by atoms with Crippen LogP contribution in [0.5, 0.6) is 0 Å². The fraction of sp³-hybridized carbons (Fsp3) is 0.500. The molecule has 0 fully saturated rings. The van der Waals surface area contributed by atoms with Crippen molar-refractivity contribution in [2.24, 2.45) is 0 Å². The average molecular weight is 190 g/mol. The molecule has 1 aliphatic heterocycles. The molecule has 2 heteroatoms. The summed E-state index contributed by atoms with van der Waals surface area (Å²) in [6, 6.07) is 6.93. The molecule has 1 heterocycles. The highest BCUT2D eigenvalue weighted by molar-refractivity contribution is 5.45. The van der Waals surface area contributed by atoms with Gasteiger partial charge in [0.25, 0.3) is 0 Å². The number of rotatable bonds is 2. The molecule has 0 saturated heterocycles. The SMILES string of the molecule is CCCC1Cc2ccc(N)cc2CN1. The summed E-state index contributed by atoms with van der Waals surface area (Å²) in [6.45, 7) is 3.21. The van der Waals surface area contributed by atoms with Gasteiger partial charge in [-0.3, -0.25) is 0 Å². The zero-order chi connectivity index (χ0) is 9.97. The van der Waals surface area contributed by atoms with Crippen LogP contribution in [-0.4, -0.2) is 6.04 Å². The second-order valence-corrected chi connectivity index (χ2v) is 4.10. The summed E-state index contributed by atoms with van der Waals surface area (Å²) in [6.07, 6.45) is 3.68. The first-order chi connectivity index (χ1) is 6.79. The molecule has 3 N–H and O–H groups in total. The van der Waals surface area contributed by atoms with Gasteiger partial charge in [0.2, 0.25) is 0 Å². The molecular formula is C12H18N2. The number of hydrogen-bond donors (Lipinski definition) is 2. The van der Waals surface area contributed by atoms with Crippen LogP contribution in [0.1, 0.15) is 30.9 Å². The molecule has 0 bridgehead atoms. The van der Waals surface area contributed by atoms with Gasteiger partial charge in [-0.25, -0.2) is 0 Å². The molecule has 2 nitrogen and oxygen atoms in total. The minimum absolute atomic E-state index is 0.663. The van der Waals surface area contributed by atoms with Crippen molar-refractivity contribution >= 4 is 5.69 Å². The van der Waals surface area contributed by atoms with Gasteiger partial charge in [0, 0.05) is 18.3 Å². The van der Waals surface area contributed by atoms with E-state index in [0.717, 1.165) is 18.7 Å². The molecule has 1 unspecified atom stereocenters. The van der Waals surface area contributed by atoms with Gasteiger partial charge in [-0.1, -0.05) is 19.4 Å². The first-order valence-electron chi connectivity index (χ1n) is 5.40. The zero-order valence-corrected chi connectivity index (χ0v) is 8.72. The van der Waals surface area contributed by atoms with E-state index in [2.05, 4.69) is 24.4 Å². The van der Waals surface area contributed by atoms with Gasteiger partial charge >= 0.3 is 0 Å². The molecule has 0 spiro atoms. The Morgan fingerprint density at radius 3 is 3.07 bits per heavy atom. The molecular weight excluding hydrogens is 172 g/mol. The molecule has 0 amide bonds. The number of anilines is 1. The molecule has 0 radical (unpaired) electrons. The fourth-order valence-electron chi connectivity index (χ4n) is 2.15. The van der Waals surface area contributed by atoms with Gasteiger partial charge in [0.15, 0.2) is 0 Å². The minimum atomic E-state index is 0.663. The Hall–Kier alpha value is -1.02. The lowest BCUT2D eigenvalue weighted by Gasteiger charge is -2.26.